The molecule has 2 aromatic rings. The third-order valence-electron chi connectivity index (χ3n) is 4.79. The molecule has 1 aromatic heterocycles. The van der Waals surface area contributed by atoms with Crippen molar-refractivity contribution in [2.75, 3.05) is 13.1 Å². The van der Waals surface area contributed by atoms with Gasteiger partial charge in [0.05, 0.1) is 13.1 Å². The summed E-state index contributed by atoms with van der Waals surface area (Å²) in [5.74, 6) is -0.449. The van der Waals surface area contributed by atoms with Crippen molar-refractivity contribution in [3.63, 3.8) is 0 Å². The second kappa shape index (κ2) is 8.58. The van der Waals surface area contributed by atoms with Crippen molar-refractivity contribution in [2.45, 2.75) is 18.8 Å². The molecule has 3 heterocycles. The fourth-order valence-corrected chi connectivity index (χ4v) is 3.38. The van der Waals surface area contributed by atoms with Gasteiger partial charge >= 0.3 is 13.1 Å². The monoisotopic (exact) mass is 419 g/mol. The highest BCUT2D eigenvalue weighted by molar-refractivity contribution is 6.44. The molecule has 0 aliphatic carbocycles. The molecule has 4 rings (SSSR count). The van der Waals surface area contributed by atoms with Crippen LogP contribution in [0, 0.1) is 0 Å². The van der Waals surface area contributed by atoms with Crippen molar-refractivity contribution >= 4 is 31.3 Å². The zero-order valence-corrected chi connectivity index (χ0v) is 16.1. The molecule has 152 valence electrons. The average molecular weight is 420 g/mol. The molecule has 1 aromatic carbocycles. The van der Waals surface area contributed by atoms with Gasteiger partial charge in [-0.15, -0.1) is 12.4 Å². The molecule has 0 radical (unpaired) electrons. The molecule has 0 atom stereocenters. The maximum atomic E-state index is 11.8. The van der Waals surface area contributed by atoms with E-state index in [1.807, 2.05) is 0 Å². The van der Waals surface area contributed by atoms with Gasteiger partial charge < -0.3 is 29.6 Å². The third-order valence-corrected chi connectivity index (χ3v) is 4.79. The molecule has 1 fully saturated rings. The number of pyridine rings is 1. The summed E-state index contributed by atoms with van der Waals surface area (Å²) in [6.07, 6.45) is 3.90. The summed E-state index contributed by atoms with van der Waals surface area (Å²) in [5.41, 5.74) is 1.32. The molecular weight excluding hydrogens is 400 g/mol. The van der Waals surface area contributed by atoms with Gasteiger partial charge in [-0.05, 0) is 36.5 Å². The first-order chi connectivity index (χ1) is 13.6. The molecule has 9 nitrogen and oxygen atoms in total. The second-order valence-corrected chi connectivity index (χ2v) is 6.65. The van der Waals surface area contributed by atoms with Crippen molar-refractivity contribution in [1.29, 1.82) is 0 Å². The average Bonchev–Trinajstić information content (AvgIpc) is 2.66. The molecule has 0 unspecified atom stereocenters. The van der Waals surface area contributed by atoms with E-state index >= 15 is 0 Å². The number of ether oxygens (including phenoxy) is 1. The summed E-state index contributed by atoms with van der Waals surface area (Å²) in [6, 6.07) is 6.91. The van der Waals surface area contributed by atoms with E-state index in [1.165, 1.54) is 0 Å². The Morgan fingerprint density at radius 3 is 2.79 bits per heavy atom. The number of aromatic carboxylic acids is 1. The molecule has 11 heteroatoms. The molecule has 2 aliphatic heterocycles. The van der Waals surface area contributed by atoms with Gasteiger partial charge in [0.25, 0.3) is 0 Å². The van der Waals surface area contributed by atoms with Crippen LogP contribution in [0.15, 0.2) is 41.8 Å². The number of halogens is 1. The number of carboxylic acids is 1. The Bertz CT molecular complexity index is 923. The lowest BCUT2D eigenvalue weighted by atomic mass is 9.78. The van der Waals surface area contributed by atoms with E-state index in [2.05, 4.69) is 10.1 Å². The summed E-state index contributed by atoms with van der Waals surface area (Å²) < 4.78 is 11.2. The van der Waals surface area contributed by atoms with Crippen LogP contribution in [0.3, 0.4) is 0 Å². The topological polar surface area (TPSA) is 125 Å². The number of benzene rings is 1. The molecule has 2 aliphatic rings. The van der Waals surface area contributed by atoms with Gasteiger partial charge in [0.15, 0.2) is 5.84 Å². The minimum absolute atomic E-state index is 0. The number of carbonyl (C=O) groups is 1. The van der Waals surface area contributed by atoms with E-state index in [1.54, 1.807) is 41.6 Å². The van der Waals surface area contributed by atoms with Gasteiger partial charge in [0.2, 0.25) is 0 Å². The van der Waals surface area contributed by atoms with Crippen LogP contribution in [-0.4, -0.2) is 63.3 Å². The number of amidine groups is 1. The maximum Gasteiger partial charge on any atom is 0.522 e. The lowest BCUT2D eigenvalue weighted by Gasteiger charge is -2.40. The molecule has 29 heavy (non-hydrogen) atoms. The number of fused-ring (bicyclic) bond motifs is 1. The van der Waals surface area contributed by atoms with Gasteiger partial charge in [-0.1, -0.05) is 11.2 Å². The molecule has 0 amide bonds. The van der Waals surface area contributed by atoms with Crippen LogP contribution < -0.4 is 9.39 Å². The van der Waals surface area contributed by atoms with E-state index in [4.69, 9.17) is 9.39 Å². The fourth-order valence-electron chi connectivity index (χ4n) is 3.38. The van der Waals surface area contributed by atoms with Crippen LogP contribution in [-0.2, 0) is 6.42 Å². The Morgan fingerprint density at radius 2 is 2.14 bits per heavy atom. The Morgan fingerprint density at radius 1 is 1.34 bits per heavy atom. The Balaban J connectivity index is 0.00000240. The second-order valence-electron chi connectivity index (χ2n) is 6.65. The number of nitrogens with zero attached hydrogens (tertiary/aromatic N) is 3. The van der Waals surface area contributed by atoms with E-state index in [-0.39, 0.29) is 35.6 Å². The normalized spacial score (nSPS) is 16.2. The van der Waals surface area contributed by atoms with Crippen LogP contribution in [0.25, 0.3) is 0 Å². The highest BCUT2D eigenvalue weighted by Gasteiger charge is 2.35. The number of oxime groups is 1. The minimum Gasteiger partial charge on any atom is -0.535 e. The SMILES string of the molecule is Cl.O=C(O)c1c(OC2CN(C(=NO)c3cccnc3)C2)ccc2c1OB(O)CC2. The first-order valence-corrected chi connectivity index (χ1v) is 8.84. The Kier molecular flexibility index (Phi) is 6.14. The Labute approximate surface area is 173 Å². The van der Waals surface area contributed by atoms with Crippen LogP contribution in [0.5, 0.6) is 11.5 Å². The van der Waals surface area contributed by atoms with Crippen molar-refractivity contribution < 1.29 is 29.5 Å². The predicted molar refractivity (Wildman–Crippen MR) is 106 cm³/mol. The molecule has 3 N–H and O–H groups in total. The molecule has 1 saturated heterocycles. The summed E-state index contributed by atoms with van der Waals surface area (Å²) in [6.45, 7) is 0.849. The van der Waals surface area contributed by atoms with E-state index < -0.39 is 13.1 Å². The zero-order chi connectivity index (χ0) is 19.7. The summed E-state index contributed by atoms with van der Waals surface area (Å²) >= 11 is 0. The van der Waals surface area contributed by atoms with Crippen molar-refractivity contribution in [1.82, 2.24) is 9.88 Å². The van der Waals surface area contributed by atoms with E-state index in [0.29, 0.717) is 37.2 Å². The van der Waals surface area contributed by atoms with Gasteiger partial charge in [0, 0.05) is 18.0 Å². The smallest absolute Gasteiger partial charge is 0.522 e. The number of hydrogen-bond donors (Lipinski definition) is 3. The van der Waals surface area contributed by atoms with E-state index in [0.717, 1.165) is 5.56 Å². The van der Waals surface area contributed by atoms with Crippen LogP contribution in [0.4, 0.5) is 0 Å². The van der Waals surface area contributed by atoms with Crippen molar-refractivity contribution in [2.24, 2.45) is 5.16 Å². The fraction of sp³-hybridized carbons (Fsp3) is 0.278. The molecular formula is C18H19BClN3O6. The first kappa shape index (κ1) is 20.8. The molecule has 0 saturated carbocycles. The summed E-state index contributed by atoms with van der Waals surface area (Å²) in [5, 5.41) is 32.0. The number of aryl methyl sites for hydroxylation is 1. The highest BCUT2D eigenvalue weighted by atomic mass is 35.5. The lowest BCUT2D eigenvalue weighted by Crippen LogP contribution is -2.56. The lowest BCUT2D eigenvalue weighted by molar-refractivity contribution is 0.0588. The maximum absolute atomic E-state index is 11.8. The molecule has 0 spiro atoms. The Hall–Kier alpha value is -2.98. The zero-order valence-electron chi connectivity index (χ0n) is 15.3. The van der Waals surface area contributed by atoms with Crippen LogP contribution in [0.2, 0.25) is 6.32 Å². The van der Waals surface area contributed by atoms with Gasteiger partial charge in [-0.25, -0.2) is 4.79 Å². The van der Waals surface area contributed by atoms with Crippen LogP contribution in [0.1, 0.15) is 21.5 Å². The number of likely N-dealkylation sites (tertiary alicyclic amines) is 1. The van der Waals surface area contributed by atoms with Crippen LogP contribution >= 0.6 is 12.4 Å². The largest absolute Gasteiger partial charge is 0.535 e. The standard InChI is InChI=1S/C18H18BN3O6.ClH/c23-18(24)15-14(4-3-11-5-6-19(25)28-16(11)15)27-13-9-22(10-13)17(21-26)12-2-1-7-20-8-12;/h1-4,7-8,13,25-26H,5-6,9-10H2,(H,23,24);1H. The number of rotatable bonds is 4. The number of hydrogen-bond acceptors (Lipinski definition) is 7. The summed E-state index contributed by atoms with van der Waals surface area (Å²) in [7, 11) is -1.03. The van der Waals surface area contributed by atoms with Gasteiger partial charge in [0.1, 0.15) is 23.2 Å². The third kappa shape index (κ3) is 4.08. The molecule has 0 bridgehead atoms. The summed E-state index contributed by atoms with van der Waals surface area (Å²) in [4.78, 5) is 17.6. The predicted octanol–water partition coefficient (Wildman–Crippen LogP) is 1.52. The van der Waals surface area contributed by atoms with Crippen molar-refractivity contribution in [3.8, 4) is 11.5 Å². The van der Waals surface area contributed by atoms with Gasteiger partial charge in [-0.2, -0.15) is 0 Å². The number of carboxylic acid groups (broad SMARTS) is 1. The highest BCUT2D eigenvalue weighted by Crippen LogP contribution is 2.37. The quantitative estimate of drug-likeness (QED) is 0.224. The van der Waals surface area contributed by atoms with Gasteiger partial charge in [-0.3, -0.25) is 4.98 Å². The minimum atomic E-state index is -1.18. The van der Waals surface area contributed by atoms with Crippen molar-refractivity contribution in [3.05, 3.63) is 53.3 Å². The van der Waals surface area contributed by atoms with E-state index in [9.17, 15) is 20.1 Å². The first-order valence-electron chi connectivity index (χ1n) is 8.84. The number of aromatic nitrogens is 1.